The SMILES string of the molecule is O=C(CSc1nnc(SCc2ccc(Cl)cc2)s1)N/N=C\c1cccc(O)c1. The maximum absolute atomic E-state index is 11.9. The quantitative estimate of drug-likeness (QED) is 0.300. The van der Waals surface area contributed by atoms with Crippen LogP contribution < -0.4 is 5.43 Å². The number of hydrogen-bond donors (Lipinski definition) is 2. The molecule has 0 bridgehead atoms. The van der Waals surface area contributed by atoms with Crippen LogP contribution in [-0.2, 0) is 10.5 Å². The Labute approximate surface area is 179 Å². The zero-order valence-electron chi connectivity index (χ0n) is 14.4. The first-order chi connectivity index (χ1) is 13.6. The summed E-state index contributed by atoms with van der Waals surface area (Å²) in [7, 11) is 0. The molecular formula is C18H15ClN4O2S3. The summed E-state index contributed by atoms with van der Waals surface area (Å²) in [6.07, 6.45) is 1.47. The maximum atomic E-state index is 11.9. The van der Waals surface area contributed by atoms with Crippen molar-refractivity contribution in [3.8, 4) is 5.75 Å². The number of hydrogen-bond acceptors (Lipinski definition) is 8. The van der Waals surface area contributed by atoms with Gasteiger partial charge in [-0.05, 0) is 35.4 Å². The highest BCUT2D eigenvalue weighted by Crippen LogP contribution is 2.30. The van der Waals surface area contributed by atoms with Crippen LogP contribution in [0.25, 0.3) is 0 Å². The molecule has 0 spiro atoms. The lowest BCUT2D eigenvalue weighted by atomic mass is 10.2. The van der Waals surface area contributed by atoms with Crippen LogP contribution in [0.1, 0.15) is 11.1 Å². The highest BCUT2D eigenvalue weighted by molar-refractivity contribution is 8.03. The lowest BCUT2D eigenvalue weighted by Gasteiger charge is -1.98. The first-order valence-electron chi connectivity index (χ1n) is 8.03. The van der Waals surface area contributed by atoms with E-state index in [9.17, 15) is 9.90 Å². The van der Waals surface area contributed by atoms with Crippen molar-refractivity contribution >= 4 is 58.6 Å². The Kier molecular flexibility index (Phi) is 7.72. The van der Waals surface area contributed by atoms with E-state index in [0.717, 1.165) is 20.0 Å². The number of rotatable bonds is 8. The third-order valence-electron chi connectivity index (χ3n) is 3.26. The number of halogens is 1. The largest absolute Gasteiger partial charge is 0.508 e. The summed E-state index contributed by atoms with van der Waals surface area (Å²) in [5.74, 6) is 0.869. The molecule has 1 aromatic heterocycles. The normalized spacial score (nSPS) is 11.0. The van der Waals surface area contributed by atoms with Crippen molar-refractivity contribution in [2.75, 3.05) is 5.75 Å². The van der Waals surface area contributed by atoms with Gasteiger partial charge in [0.1, 0.15) is 5.75 Å². The number of thioether (sulfide) groups is 2. The zero-order valence-corrected chi connectivity index (χ0v) is 17.6. The van der Waals surface area contributed by atoms with Gasteiger partial charge in [0.2, 0.25) is 0 Å². The van der Waals surface area contributed by atoms with Crippen molar-refractivity contribution in [2.24, 2.45) is 5.10 Å². The lowest BCUT2D eigenvalue weighted by molar-refractivity contribution is -0.118. The second-order valence-corrected chi connectivity index (χ2v) is 9.28. The Morgan fingerprint density at radius 2 is 1.93 bits per heavy atom. The molecule has 0 saturated carbocycles. The summed E-state index contributed by atoms with van der Waals surface area (Å²) in [5.41, 5.74) is 4.30. The Morgan fingerprint density at radius 1 is 1.18 bits per heavy atom. The number of carbonyl (C=O) groups is 1. The first kappa shape index (κ1) is 20.7. The van der Waals surface area contributed by atoms with Crippen LogP contribution in [0.4, 0.5) is 0 Å². The Balaban J connectivity index is 1.41. The summed E-state index contributed by atoms with van der Waals surface area (Å²) >= 11 is 10.2. The van der Waals surface area contributed by atoms with Crippen molar-refractivity contribution in [1.29, 1.82) is 0 Å². The summed E-state index contributed by atoms with van der Waals surface area (Å²) < 4.78 is 1.57. The first-order valence-corrected chi connectivity index (χ1v) is 11.2. The number of nitrogens with one attached hydrogen (secondary N) is 1. The molecule has 0 unspecified atom stereocenters. The lowest BCUT2D eigenvalue weighted by Crippen LogP contribution is -2.19. The zero-order chi connectivity index (χ0) is 19.8. The molecule has 3 aromatic rings. The van der Waals surface area contributed by atoms with E-state index in [1.807, 2.05) is 24.3 Å². The van der Waals surface area contributed by atoms with E-state index in [-0.39, 0.29) is 17.4 Å². The van der Waals surface area contributed by atoms with Crippen molar-refractivity contribution < 1.29 is 9.90 Å². The molecule has 0 aliphatic rings. The summed E-state index contributed by atoms with van der Waals surface area (Å²) in [4.78, 5) is 11.9. The Morgan fingerprint density at radius 3 is 2.68 bits per heavy atom. The van der Waals surface area contributed by atoms with Crippen LogP contribution in [0.2, 0.25) is 5.02 Å². The van der Waals surface area contributed by atoms with E-state index in [1.54, 1.807) is 36.0 Å². The molecule has 2 N–H and O–H groups in total. The fraction of sp³-hybridized carbons (Fsp3) is 0.111. The maximum Gasteiger partial charge on any atom is 0.250 e. The highest BCUT2D eigenvalue weighted by atomic mass is 35.5. The minimum atomic E-state index is -0.244. The fourth-order valence-electron chi connectivity index (χ4n) is 1.98. The predicted octanol–water partition coefficient (Wildman–Crippen LogP) is 4.43. The number of aromatic nitrogens is 2. The van der Waals surface area contributed by atoms with Gasteiger partial charge in [-0.3, -0.25) is 4.79 Å². The number of carbonyl (C=O) groups excluding carboxylic acids is 1. The van der Waals surface area contributed by atoms with E-state index in [0.29, 0.717) is 10.6 Å². The molecule has 1 heterocycles. The van der Waals surface area contributed by atoms with Gasteiger partial charge in [-0.1, -0.05) is 70.7 Å². The van der Waals surface area contributed by atoms with E-state index in [1.165, 1.54) is 29.3 Å². The number of aromatic hydroxyl groups is 1. The predicted molar refractivity (Wildman–Crippen MR) is 115 cm³/mol. The monoisotopic (exact) mass is 450 g/mol. The summed E-state index contributed by atoms with van der Waals surface area (Å²) in [6, 6.07) is 14.3. The van der Waals surface area contributed by atoms with Gasteiger partial charge in [0.05, 0.1) is 12.0 Å². The molecule has 0 fully saturated rings. The third-order valence-corrected chi connectivity index (χ3v) is 6.78. The van der Waals surface area contributed by atoms with Gasteiger partial charge in [-0.2, -0.15) is 5.10 Å². The third kappa shape index (κ3) is 6.83. The molecular weight excluding hydrogens is 436 g/mol. The van der Waals surface area contributed by atoms with Gasteiger partial charge >= 0.3 is 0 Å². The molecule has 0 radical (unpaired) electrons. The molecule has 0 atom stereocenters. The molecule has 6 nitrogen and oxygen atoms in total. The average molecular weight is 451 g/mol. The van der Waals surface area contributed by atoms with Gasteiger partial charge in [-0.25, -0.2) is 5.43 Å². The standard InChI is InChI=1S/C18H15ClN4O2S3/c19-14-6-4-12(5-7-14)10-26-17-22-23-18(28-17)27-11-16(25)21-20-9-13-2-1-3-15(24)8-13/h1-9,24H,10-11H2,(H,21,25)/b20-9-. The van der Waals surface area contributed by atoms with Crippen LogP contribution in [0.15, 0.2) is 62.3 Å². The fourth-order valence-corrected chi connectivity index (χ4v) is 4.88. The molecule has 10 heteroatoms. The van der Waals surface area contributed by atoms with Gasteiger partial charge in [0, 0.05) is 10.8 Å². The Hall–Kier alpha value is -2.07. The van der Waals surface area contributed by atoms with Gasteiger partial charge in [-0.15, -0.1) is 10.2 Å². The van der Waals surface area contributed by atoms with Crippen LogP contribution in [0.5, 0.6) is 5.75 Å². The van der Waals surface area contributed by atoms with Crippen LogP contribution in [0.3, 0.4) is 0 Å². The minimum absolute atomic E-state index is 0.145. The Bertz CT molecular complexity index is 963. The molecule has 2 aromatic carbocycles. The van der Waals surface area contributed by atoms with E-state index in [2.05, 4.69) is 20.7 Å². The number of hydrazone groups is 1. The minimum Gasteiger partial charge on any atom is -0.508 e. The van der Waals surface area contributed by atoms with Gasteiger partial charge < -0.3 is 5.11 Å². The smallest absolute Gasteiger partial charge is 0.250 e. The number of nitrogens with zero attached hydrogens (tertiary/aromatic N) is 3. The van der Waals surface area contributed by atoms with Crippen molar-refractivity contribution in [3.05, 3.63) is 64.7 Å². The van der Waals surface area contributed by atoms with E-state index >= 15 is 0 Å². The highest BCUT2D eigenvalue weighted by Gasteiger charge is 2.08. The molecule has 1 amide bonds. The summed E-state index contributed by atoms with van der Waals surface area (Å²) in [6.45, 7) is 0. The molecule has 144 valence electrons. The van der Waals surface area contributed by atoms with E-state index < -0.39 is 0 Å². The number of amides is 1. The van der Waals surface area contributed by atoms with Crippen LogP contribution in [-0.4, -0.2) is 33.2 Å². The van der Waals surface area contributed by atoms with Crippen molar-refractivity contribution in [2.45, 2.75) is 14.4 Å². The molecule has 3 rings (SSSR count). The molecule has 0 aliphatic carbocycles. The second kappa shape index (κ2) is 10.5. The number of benzene rings is 2. The number of phenols is 1. The van der Waals surface area contributed by atoms with Crippen LogP contribution in [0, 0.1) is 0 Å². The van der Waals surface area contributed by atoms with Gasteiger partial charge in [0.25, 0.3) is 5.91 Å². The topological polar surface area (TPSA) is 87.5 Å². The summed E-state index contributed by atoms with van der Waals surface area (Å²) in [5, 5.41) is 22.2. The second-order valence-electron chi connectivity index (χ2n) is 5.43. The van der Waals surface area contributed by atoms with Crippen molar-refractivity contribution in [3.63, 3.8) is 0 Å². The van der Waals surface area contributed by atoms with E-state index in [4.69, 9.17) is 11.6 Å². The van der Waals surface area contributed by atoms with Crippen molar-refractivity contribution in [1.82, 2.24) is 15.6 Å². The van der Waals surface area contributed by atoms with Gasteiger partial charge in [0.15, 0.2) is 8.68 Å². The van der Waals surface area contributed by atoms with Crippen LogP contribution >= 0.6 is 46.5 Å². The molecule has 28 heavy (non-hydrogen) atoms. The molecule has 0 saturated heterocycles. The molecule has 0 aliphatic heterocycles. The average Bonchev–Trinajstić information content (AvgIpc) is 3.14. The number of phenolic OH excluding ortho intramolecular Hbond substituents is 1.